The molecule has 21 heavy (non-hydrogen) atoms. The lowest BCUT2D eigenvalue weighted by Gasteiger charge is -2.09. The molecule has 0 aliphatic heterocycles. The molecular weight excluding hydrogens is 268 g/mol. The van der Waals surface area contributed by atoms with Crippen LogP contribution in [-0.2, 0) is 16.0 Å². The summed E-state index contributed by atoms with van der Waals surface area (Å²) >= 11 is 0. The summed E-state index contributed by atoms with van der Waals surface area (Å²) in [5, 5.41) is 8.66. The Kier molecular flexibility index (Phi) is 6.40. The van der Waals surface area contributed by atoms with Gasteiger partial charge >= 0.3 is 11.9 Å². The van der Waals surface area contributed by atoms with Crippen LogP contribution in [0.1, 0.15) is 38.3 Å². The Bertz CT molecular complexity index is 578. The van der Waals surface area contributed by atoms with Crippen molar-refractivity contribution in [3.05, 3.63) is 47.1 Å². The van der Waals surface area contributed by atoms with Gasteiger partial charge in [0.05, 0.1) is 0 Å². The van der Waals surface area contributed by atoms with Gasteiger partial charge < -0.3 is 9.84 Å². The van der Waals surface area contributed by atoms with Crippen molar-refractivity contribution < 1.29 is 19.4 Å². The predicted octanol–water partition coefficient (Wildman–Crippen LogP) is 3.61. The van der Waals surface area contributed by atoms with Crippen LogP contribution in [-0.4, -0.2) is 17.0 Å². The van der Waals surface area contributed by atoms with Crippen LogP contribution in [0.2, 0.25) is 0 Å². The molecule has 0 heterocycles. The lowest BCUT2D eigenvalue weighted by molar-refractivity contribution is -0.134. The van der Waals surface area contributed by atoms with E-state index >= 15 is 0 Å². The van der Waals surface area contributed by atoms with Crippen LogP contribution >= 0.6 is 0 Å². The quantitative estimate of drug-likeness (QED) is 0.376. The highest BCUT2D eigenvalue weighted by Gasteiger charge is 2.08. The highest BCUT2D eigenvalue weighted by molar-refractivity contribution is 5.85. The van der Waals surface area contributed by atoms with Crippen LogP contribution in [0.25, 0.3) is 6.08 Å². The summed E-state index contributed by atoms with van der Waals surface area (Å²) in [5.41, 5.74) is 2.77. The predicted molar refractivity (Wildman–Crippen MR) is 82.2 cm³/mol. The summed E-state index contributed by atoms with van der Waals surface area (Å²) in [7, 11) is 0. The number of allylic oxidation sites excluding steroid dienone is 2. The molecule has 0 saturated heterocycles. The summed E-state index contributed by atoms with van der Waals surface area (Å²) in [4.78, 5) is 22.0. The van der Waals surface area contributed by atoms with Gasteiger partial charge in [-0.3, -0.25) is 4.79 Å². The van der Waals surface area contributed by atoms with Crippen LogP contribution in [0.4, 0.5) is 0 Å². The second-order valence-electron chi connectivity index (χ2n) is 4.85. The van der Waals surface area contributed by atoms with E-state index in [-0.39, 0.29) is 5.97 Å². The molecule has 0 saturated carbocycles. The molecule has 0 bridgehead atoms. The molecular formula is C17H20O4. The molecule has 0 fully saturated rings. The third-order valence-electron chi connectivity index (χ3n) is 2.75. The Hall–Kier alpha value is -2.36. The number of carbonyl (C=O) groups is 2. The number of aliphatic carboxylic acids is 1. The zero-order valence-corrected chi connectivity index (χ0v) is 12.6. The fourth-order valence-corrected chi connectivity index (χ4v) is 1.64. The van der Waals surface area contributed by atoms with E-state index in [0.717, 1.165) is 22.8 Å². The summed E-state index contributed by atoms with van der Waals surface area (Å²) in [5.74, 6) is -0.767. The largest absolute Gasteiger partial charge is 0.478 e. The fourth-order valence-electron chi connectivity index (χ4n) is 1.64. The van der Waals surface area contributed by atoms with E-state index in [1.54, 1.807) is 19.1 Å². The molecule has 4 nitrogen and oxygen atoms in total. The highest BCUT2D eigenvalue weighted by atomic mass is 16.5. The van der Waals surface area contributed by atoms with E-state index in [4.69, 9.17) is 9.84 Å². The van der Waals surface area contributed by atoms with Gasteiger partial charge in [0.15, 0.2) is 0 Å². The average molecular weight is 288 g/mol. The van der Waals surface area contributed by atoms with Crippen LogP contribution in [0.3, 0.4) is 0 Å². The first-order chi connectivity index (χ1) is 9.92. The standard InChI is InChI=1S/C17H20O4/c1-4-17(20)21-15-9-6-13(7-10-16(18)19)11-14(15)8-5-12(2)3/h5-7,9-11H,4,8H2,1-3H3,(H,18,19). The van der Waals surface area contributed by atoms with Crippen molar-refractivity contribution in [1.29, 1.82) is 0 Å². The number of hydrogen-bond acceptors (Lipinski definition) is 3. The van der Waals surface area contributed by atoms with Crippen molar-refractivity contribution >= 4 is 18.0 Å². The molecule has 0 aliphatic carbocycles. The van der Waals surface area contributed by atoms with Gasteiger partial charge in [0, 0.05) is 12.5 Å². The summed E-state index contributed by atoms with van der Waals surface area (Å²) in [6.07, 6.45) is 5.56. The van der Waals surface area contributed by atoms with E-state index in [1.165, 1.54) is 6.08 Å². The maximum Gasteiger partial charge on any atom is 0.328 e. The van der Waals surface area contributed by atoms with E-state index in [9.17, 15) is 9.59 Å². The third-order valence-corrected chi connectivity index (χ3v) is 2.75. The number of hydrogen-bond donors (Lipinski definition) is 1. The molecule has 0 spiro atoms. The fraction of sp³-hybridized carbons (Fsp3) is 0.294. The smallest absolute Gasteiger partial charge is 0.328 e. The number of carbonyl (C=O) groups excluding carboxylic acids is 1. The second-order valence-corrected chi connectivity index (χ2v) is 4.85. The Labute approximate surface area is 124 Å². The topological polar surface area (TPSA) is 63.6 Å². The monoisotopic (exact) mass is 288 g/mol. The number of esters is 1. The number of ether oxygens (including phenoxy) is 1. The SMILES string of the molecule is CCC(=O)Oc1ccc(C=CC(=O)O)cc1CC=C(C)C. The van der Waals surface area contributed by atoms with Crippen molar-refractivity contribution in [2.45, 2.75) is 33.6 Å². The second kappa shape index (κ2) is 8.04. The molecule has 0 amide bonds. The molecule has 1 aromatic rings. The molecule has 1 N–H and O–H groups in total. The van der Waals surface area contributed by atoms with Crippen molar-refractivity contribution in [2.75, 3.05) is 0 Å². The Balaban J connectivity index is 3.09. The Morgan fingerprint density at radius 2 is 2.00 bits per heavy atom. The van der Waals surface area contributed by atoms with Gasteiger partial charge in [-0.25, -0.2) is 4.79 Å². The first-order valence-electron chi connectivity index (χ1n) is 6.80. The van der Waals surface area contributed by atoms with Crippen LogP contribution in [0.5, 0.6) is 5.75 Å². The van der Waals surface area contributed by atoms with Gasteiger partial charge in [-0.2, -0.15) is 0 Å². The van der Waals surface area contributed by atoms with Crippen LogP contribution in [0.15, 0.2) is 35.9 Å². The molecule has 0 aromatic heterocycles. The van der Waals surface area contributed by atoms with Crippen molar-refractivity contribution in [3.63, 3.8) is 0 Å². The molecule has 4 heteroatoms. The van der Waals surface area contributed by atoms with Gasteiger partial charge in [-0.1, -0.05) is 24.6 Å². The molecule has 0 unspecified atom stereocenters. The first kappa shape index (κ1) is 16.7. The van der Waals surface area contributed by atoms with E-state index in [2.05, 4.69) is 0 Å². The molecule has 1 rings (SSSR count). The van der Waals surface area contributed by atoms with Gasteiger partial charge in [-0.05, 0) is 49.6 Å². The normalized spacial score (nSPS) is 10.4. The third kappa shape index (κ3) is 6.08. The van der Waals surface area contributed by atoms with Crippen LogP contribution in [0, 0.1) is 0 Å². The number of carboxylic acid groups (broad SMARTS) is 1. The van der Waals surface area contributed by atoms with E-state index in [0.29, 0.717) is 18.6 Å². The van der Waals surface area contributed by atoms with Crippen molar-refractivity contribution in [3.8, 4) is 5.75 Å². The summed E-state index contributed by atoms with van der Waals surface area (Å²) in [6, 6.07) is 5.25. The molecule has 0 radical (unpaired) electrons. The van der Waals surface area contributed by atoms with E-state index < -0.39 is 5.97 Å². The van der Waals surface area contributed by atoms with Gasteiger partial charge in [0.2, 0.25) is 0 Å². The van der Waals surface area contributed by atoms with Crippen molar-refractivity contribution in [1.82, 2.24) is 0 Å². The zero-order valence-electron chi connectivity index (χ0n) is 12.6. The zero-order chi connectivity index (χ0) is 15.8. The minimum Gasteiger partial charge on any atom is -0.478 e. The molecule has 112 valence electrons. The molecule has 0 atom stereocenters. The van der Waals surface area contributed by atoms with Gasteiger partial charge in [0.1, 0.15) is 5.75 Å². The maximum atomic E-state index is 11.4. The minimum atomic E-state index is -0.998. The van der Waals surface area contributed by atoms with Gasteiger partial charge in [0.25, 0.3) is 0 Å². The van der Waals surface area contributed by atoms with E-state index in [1.807, 2.05) is 26.0 Å². The molecule has 0 aliphatic rings. The van der Waals surface area contributed by atoms with Gasteiger partial charge in [-0.15, -0.1) is 0 Å². The number of carboxylic acids is 1. The number of benzene rings is 1. The Morgan fingerprint density at radius 3 is 2.57 bits per heavy atom. The average Bonchev–Trinajstić information content (AvgIpc) is 2.44. The first-order valence-corrected chi connectivity index (χ1v) is 6.80. The number of rotatable bonds is 6. The summed E-state index contributed by atoms with van der Waals surface area (Å²) < 4.78 is 5.30. The summed E-state index contributed by atoms with van der Waals surface area (Å²) in [6.45, 7) is 5.72. The molecule has 1 aromatic carbocycles. The van der Waals surface area contributed by atoms with Crippen molar-refractivity contribution in [2.24, 2.45) is 0 Å². The minimum absolute atomic E-state index is 0.290. The highest BCUT2D eigenvalue weighted by Crippen LogP contribution is 2.23. The van der Waals surface area contributed by atoms with Crippen LogP contribution < -0.4 is 4.74 Å². The maximum absolute atomic E-state index is 11.4. The lowest BCUT2D eigenvalue weighted by atomic mass is 10.0. The lowest BCUT2D eigenvalue weighted by Crippen LogP contribution is -2.07. The Morgan fingerprint density at radius 1 is 1.29 bits per heavy atom.